The summed E-state index contributed by atoms with van der Waals surface area (Å²) >= 11 is 1.57. The van der Waals surface area contributed by atoms with Crippen molar-refractivity contribution in [2.75, 3.05) is 25.4 Å². The molecule has 0 aliphatic rings. The van der Waals surface area contributed by atoms with Crippen LogP contribution in [0.15, 0.2) is 48.5 Å². The Balaban J connectivity index is 1.57. The van der Waals surface area contributed by atoms with E-state index in [1.807, 2.05) is 19.1 Å². The summed E-state index contributed by atoms with van der Waals surface area (Å²) in [6.07, 6.45) is 0.891. The number of carbonyl (C=O) groups is 2. The lowest BCUT2D eigenvalue weighted by atomic mass is 10.2. The maximum Gasteiger partial charge on any atom is 0.255 e. The van der Waals surface area contributed by atoms with Crippen LogP contribution >= 0.6 is 11.8 Å². The van der Waals surface area contributed by atoms with Crippen molar-refractivity contribution >= 4 is 23.6 Å². The van der Waals surface area contributed by atoms with Crippen molar-refractivity contribution in [2.45, 2.75) is 25.5 Å². The zero-order valence-electron chi connectivity index (χ0n) is 16.6. The summed E-state index contributed by atoms with van der Waals surface area (Å²) < 4.78 is 19.0. The van der Waals surface area contributed by atoms with Gasteiger partial charge in [0, 0.05) is 31.0 Å². The number of rotatable bonds is 12. The highest BCUT2D eigenvalue weighted by atomic mass is 32.2. The van der Waals surface area contributed by atoms with Gasteiger partial charge in [-0.25, -0.2) is 4.39 Å². The molecule has 0 saturated carbocycles. The lowest BCUT2D eigenvalue weighted by molar-refractivity contribution is -0.121. The Bertz CT molecular complexity index is 801. The Morgan fingerprint density at radius 3 is 2.59 bits per heavy atom. The monoisotopic (exact) mass is 418 g/mol. The molecule has 0 aromatic heterocycles. The summed E-state index contributed by atoms with van der Waals surface area (Å²) in [7, 11) is 0. The molecule has 0 fully saturated rings. The molecule has 2 aromatic rings. The molecule has 0 radical (unpaired) electrons. The number of carbonyl (C=O) groups excluding carboxylic acids is 2. The number of amides is 2. The fraction of sp³-hybridized carbons (Fsp3) is 0.364. The van der Waals surface area contributed by atoms with Gasteiger partial charge in [0.1, 0.15) is 11.6 Å². The van der Waals surface area contributed by atoms with Crippen LogP contribution in [-0.2, 0) is 10.5 Å². The minimum absolute atomic E-state index is 0.0551. The summed E-state index contributed by atoms with van der Waals surface area (Å²) in [4.78, 5) is 24.1. The van der Waals surface area contributed by atoms with E-state index in [9.17, 15) is 14.0 Å². The molecule has 2 rings (SSSR count). The molecule has 0 aliphatic carbocycles. The van der Waals surface area contributed by atoms with Crippen molar-refractivity contribution in [1.82, 2.24) is 10.6 Å². The molecular formula is C22H27FN2O3S. The van der Waals surface area contributed by atoms with Crippen LogP contribution < -0.4 is 15.4 Å². The Kier molecular flexibility index (Phi) is 10.1. The van der Waals surface area contributed by atoms with Gasteiger partial charge >= 0.3 is 0 Å². The second-order valence-corrected chi connectivity index (χ2v) is 7.39. The minimum Gasteiger partial charge on any atom is -0.493 e. The smallest absolute Gasteiger partial charge is 0.255 e. The number of thioether (sulfide) groups is 1. The van der Waals surface area contributed by atoms with E-state index >= 15 is 0 Å². The molecule has 2 amide bonds. The van der Waals surface area contributed by atoms with Gasteiger partial charge in [-0.05, 0) is 37.1 Å². The Hall–Kier alpha value is -2.54. The van der Waals surface area contributed by atoms with Gasteiger partial charge in [0.2, 0.25) is 5.91 Å². The van der Waals surface area contributed by atoms with E-state index in [4.69, 9.17) is 4.74 Å². The van der Waals surface area contributed by atoms with Crippen LogP contribution in [0, 0.1) is 5.82 Å². The molecule has 7 heteroatoms. The largest absolute Gasteiger partial charge is 0.493 e. The second kappa shape index (κ2) is 12.8. The van der Waals surface area contributed by atoms with E-state index in [1.54, 1.807) is 42.1 Å². The maximum absolute atomic E-state index is 13.5. The zero-order valence-corrected chi connectivity index (χ0v) is 17.4. The predicted molar refractivity (Wildman–Crippen MR) is 115 cm³/mol. The van der Waals surface area contributed by atoms with Crippen molar-refractivity contribution in [2.24, 2.45) is 0 Å². The van der Waals surface area contributed by atoms with Gasteiger partial charge in [0.25, 0.3) is 5.91 Å². The third-order valence-corrected chi connectivity index (χ3v) is 5.09. The summed E-state index contributed by atoms with van der Waals surface area (Å²) in [5, 5.41) is 5.66. The average molecular weight is 419 g/mol. The van der Waals surface area contributed by atoms with Crippen LogP contribution in [0.2, 0.25) is 0 Å². The second-order valence-electron chi connectivity index (χ2n) is 6.28. The van der Waals surface area contributed by atoms with Crippen molar-refractivity contribution in [1.29, 1.82) is 0 Å². The van der Waals surface area contributed by atoms with Crippen LogP contribution in [0.25, 0.3) is 0 Å². The predicted octanol–water partition coefficient (Wildman–Crippen LogP) is 3.78. The number of nitrogens with one attached hydrogen (secondary N) is 2. The van der Waals surface area contributed by atoms with Crippen LogP contribution in [0.1, 0.15) is 35.7 Å². The highest BCUT2D eigenvalue weighted by Gasteiger charge is 2.11. The molecule has 0 aliphatic heterocycles. The maximum atomic E-state index is 13.5. The van der Waals surface area contributed by atoms with Crippen molar-refractivity contribution in [3.05, 3.63) is 65.5 Å². The highest BCUT2D eigenvalue weighted by Crippen LogP contribution is 2.17. The first-order valence-corrected chi connectivity index (χ1v) is 10.8. The normalized spacial score (nSPS) is 10.4. The number of hydrogen-bond acceptors (Lipinski definition) is 4. The van der Waals surface area contributed by atoms with Crippen LogP contribution in [0.3, 0.4) is 0 Å². The number of halogens is 1. The van der Waals surface area contributed by atoms with Crippen LogP contribution in [0.4, 0.5) is 4.39 Å². The Labute approximate surface area is 175 Å². The molecular weight excluding hydrogens is 391 g/mol. The lowest BCUT2D eigenvalue weighted by Crippen LogP contribution is -2.28. The first kappa shape index (κ1) is 22.7. The quantitative estimate of drug-likeness (QED) is 0.515. The van der Waals surface area contributed by atoms with E-state index in [-0.39, 0.29) is 17.6 Å². The zero-order chi connectivity index (χ0) is 20.9. The molecule has 0 heterocycles. The summed E-state index contributed by atoms with van der Waals surface area (Å²) in [6, 6.07) is 13.8. The number of ether oxygens (including phenoxy) is 1. The topological polar surface area (TPSA) is 67.4 Å². The van der Waals surface area contributed by atoms with Crippen molar-refractivity contribution in [3.8, 4) is 5.75 Å². The fourth-order valence-corrected chi connectivity index (χ4v) is 3.48. The number of hydrogen-bond donors (Lipinski definition) is 2. The van der Waals surface area contributed by atoms with Gasteiger partial charge in [-0.15, -0.1) is 0 Å². The molecule has 29 heavy (non-hydrogen) atoms. The molecule has 156 valence electrons. The van der Waals surface area contributed by atoms with E-state index in [0.29, 0.717) is 60.9 Å². The fourth-order valence-electron chi connectivity index (χ4n) is 2.63. The van der Waals surface area contributed by atoms with Gasteiger partial charge in [-0.3, -0.25) is 9.59 Å². The van der Waals surface area contributed by atoms with Gasteiger partial charge in [0.05, 0.1) is 12.2 Å². The standard InChI is InChI=1S/C22H27FN2O3S/c1-2-28-20-11-6-4-9-18(20)22(27)25-13-7-12-21(26)24-14-15-29-16-17-8-3-5-10-19(17)23/h3-6,8-11H,2,7,12-16H2,1H3,(H,24,26)(H,25,27). The number of benzene rings is 2. The van der Waals surface area contributed by atoms with Gasteiger partial charge in [-0.2, -0.15) is 11.8 Å². The van der Waals surface area contributed by atoms with Gasteiger partial charge < -0.3 is 15.4 Å². The van der Waals surface area contributed by atoms with Crippen molar-refractivity contribution in [3.63, 3.8) is 0 Å². The van der Waals surface area contributed by atoms with Gasteiger partial charge in [0.15, 0.2) is 0 Å². The molecule has 2 N–H and O–H groups in total. The molecule has 0 bridgehead atoms. The third-order valence-electron chi connectivity index (χ3n) is 4.08. The summed E-state index contributed by atoms with van der Waals surface area (Å²) in [5.41, 5.74) is 1.16. The molecule has 0 unspecified atom stereocenters. The van der Waals surface area contributed by atoms with E-state index in [2.05, 4.69) is 10.6 Å². The van der Waals surface area contributed by atoms with E-state index in [1.165, 1.54) is 6.07 Å². The average Bonchev–Trinajstić information content (AvgIpc) is 2.73. The van der Waals surface area contributed by atoms with Gasteiger partial charge in [-0.1, -0.05) is 30.3 Å². The first-order chi connectivity index (χ1) is 14.1. The molecule has 5 nitrogen and oxygen atoms in total. The SMILES string of the molecule is CCOc1ccccc1C(=O)NCCCC(=O)NCCSCc1ccccc1F. The molecule has 2 aromatic carbocycles. The minimum atomic E-state index is -0.209. The van der Waals surface area contributed by atoms with Crippen molar-refractivity contribution < 1.29 is 18.7 Å². The molecule has 0 spiro atoms. The van der Waals surface area contributed by atoms with E-state index < -0.39 is 0 Å². The van der Waals surface area contributed by atoms with Crippen LogP contribution in [0.5, 0.6) is 5.75 Å². The Morgan fingerprint density at radius 1 is 1.03 bits per heavy atom. The van der Waals surface area contributed by atoms with Crippen LogP contribution in [-0.4, -0.2) is 37.3 Å². The Morgan fingerprint density at radius 2 is 1.79 bits per heavy atom. The molecule has 0 saturated heterocycles. The molecule has 0 atom stereocenters. The first-order valence-electron chi connectivity index (χ1n) is 9.69. The highest BCUT2D eigenvalue weighted by molar-refractivity contribution is 7.98. The van der Waals surface area contributed by atoms with E-state index in [0.717, 1.165) is 0 Å². The lowest BCUT2D eigenvalue weighted by Gasteiger charge is -2.10. The third kappa shape index (κ3) is 8.15. The number of para-hydroxylation sites is 1. The summed E-state index contributed by atoms with van der Waals surface area (Å²) in [5.74, 6) is 1.38. The summed E-state index contributed by atoms with van der Waals surface area (Å²) in [6.45, 7) is 3.30.